The maximum Gasteiger partial charge on any atom is 0.276 e. The van der Waals surface area contributed by atoms with Crippen LogP contribution in [0.1, 0.15) is 39.5 Å². The first-order chi connectivity index (χ1) is 9.43. The molecule has 0 aliphatic rings. The number of hydrazine groups is 1. The first-order valence-corrected chi connectivity index (χ1v) is 8.84. The molecule has 20 heavy (non-hydrogen) atoms. The van der Waals surface area contributed by atoms with E-state index in [2.05, 4.69) is 33.4 Å². The van der Waals surface area contributed by atoms with E-state index in [1.807, 2.05) is 20.1 Å². The summed E-state index contributed by atoms with van der Waals surface area (Å²) in [5.74, 6) is -0.465. The standard InChI is InChI=1S/C14H23BrN2O2S/c1-10(2)11(3)13(20-4)14(19)17-16-12(18)8-6-5-7-9-15/h1,5-9H2,2-4H3,(H,16,18)(H,17,19)/b13-11-. The van der Waals surface area contributed by atoms with Gasteiger partial charge in [-0.15, -0.1) is 11.8 Å². The van der Waals surface area contributed by atoms with Crippen LogP contribution in [0.2, 0.25) is 0 Å². The molecule has 0 aliphatic carbocycles. The Morgan fingerprint density at radius 1 is 1.15 bits per heavy atom. The molecule has 4 nitrogen and oxygen atoms in total. The largest absolute Gasteiger partial charge is 0.276 e. The van der Waals surface area contributed by atoms with E-state index in [0.29, 0.717) is 11.3 Å². The Labute approximate surface area is 133 Å². The van der Waals surface area contributed by atoms with E-state index in [1.165, 1.54) is 11.8 Å². The van der Waals surface area contributed by atoms with Gasteiger partial charge in [-0.2, -0.15) is 0 Å². The summed E-state index contributed by atoms with van der Waals surface area (Å²) in [7, 11) is 0. The Balaban J connectivity index is 4.24. The second-order valence-electron chi connectivity index (χ2n) is 4.44. The van der Waals surface area contributed by atoms with Gasteiger partial charge in [-0.1, -0.05) is 34.5 Å². The van der Waals surface area contributed by atoms with Crippen molar-refractivity contribution in [3.8, 4) is 0 Å². The van der Waals surface area contributed by atoms with E-state index < -0.39 is 0 Å². The summed E-state index contributed by atoms with van der Waals surface area (Å²) < 4.78 is 0. The molecule has 0 unspecified atom stereocenters. The van der Waals surface area contributed by atoms with Crippen LogP contribution < -0.4 is 10.9 Å². The first kappa shape index (κ1) is 19.2. The van der Waals surface area contributed by atoms with Crippen molar-refractivity contribution in [2.75, 3.05) is 11.6 Å². The third kappa shape index (κ3) is 7.75. The lowest BCUT2D eigenvalue weighted by atomic mass is 10.1. The van der Waals surface area contributed by atoms with Crippen molar-refractivity contribution in [2.24, 2.45) is 0 Å². The van der Waals surface area contributed by atoms with Crippen molar-refractivity contribution in [1.29, 1.82) is 0 Å². The highest BCUT2D eigenvalue weighted by Crippen LogP contribution is 2.21. The molecule has 2 N–H and O–H groups in total. The Morgan fingerprint density at radius 2 is 1.80 bits per heavy atom. The van der Waals surface area contributed by atoms with Crippen LogP contribution in [0.15, 0.2) is 22.6 Å². The predicted octanol–water partition coefficient (Wildman–Crippen LogP) is 3.30. The minimum Gasteiger partial charge on any atom is -0.273 e. The van der Waals surface area contributed by atoms with Crippen LogP contribution in [0, 0.1) is 0 Å². The van der Waals surface area contributed by atoms with E-state index in [9.17, 15) is 9.59 Å². The highest BCUT2D eigenvalue weighted by Gasteiger charge is 2.13. The van der Waals surface area contributed by atoms with Crippen molar-refractivity contribution in [1.82, 2.24) is 10.9 Å². The molecular formula is C14H23BrN2O2S. The molecule has 6 heteroatoms. The van der Waals surface area contributed by atoms with Crippen LogP contribution in [-0.4, -0.2) is 23.4 Å². The fraction of sp³-hybridized carbons (Fsp3) is 0.571. The molecule has 0 aliphatic heterocycles. The van der Waals surface area contributed by atoms with Crippen molar-refractivity contribution in [3.05, 3.63) is 22.6 Å². The van der Waals surface area contributed by atoms with E-state index in [0.717, 1.165) is 35.7 Å². The number of hydrogen-bond acceptors (Lipinski definition) is 3. The predicted molar refractivity (Wildman–Crippen MR) is 89.6 cm³/mol. The zero-order valence-electron chi connectivity index (χ0n) is 12.3. The first-order valence-electron chi connectivity index (χ1n) is 6.49. The quantitative estimate of drug-likeness (QED) is 0.229. The van der Waals surface area contributed by atoms with Crippen molar-refractivity contribution in [3.63, 3.8) is 0 Å². The fourth-order valence-electron chi connectivity index (χ4n) is 1.41. The van der Waals surface area contributed by atoms with Crippen molar-refractivity contribution in [2.45, 2.75) is 39.5 Å². The monoisotopic (exact) mass is 362 g/mol. The summed E-state index contributed by atoms with van der Waals surface area (Å²) in [5.41, 5.74) is 6.56. The molecule has 0 saturated heterocycles. The van der Waals surface area contributed by atoms with E-state index in [-0.39, 0.29) is 11.8 Å². The van der Waals surface area contributed by atoms with Gasteiger partial charge in [-0.3, -0.25) is 20.4 Å². The zero-order chi connectivity index (χ0) is 15.5. The lowest BCUT2D eigenvalue weighted by Crippen LogP contribution is -2.42. The van der Waals surface area contributed by atoms with Gasteiger partial charge in [0.15, 0.2) is 0 Å². The zero-order valence-corrected chi connectivity index (χ0v) is 14.7. The number of hydrogen-bond donors (Lipinski definition) is 2. The van der Waals surface area contributed by atoms with Crippen LogP contribution in [-0.2, 0) is 9.59 Å². The molecular weight excluding hydrogens is 340 g/mol. The lowest BCUT2D eigenvalue weighted by molar-refractivity contribution is -0.127. The van der Waals surface area contributed by atoms with Gasteiger partial charge in [0.1, 0.15) is 0 Å². The van der Waals surface area contributed by atoms with Crippen LogP contribution >= 0.6 is 27.7 Å². The minimum absolute atomic E-state index is 0.165. The van der Waals surface area contributed by atoms with E-state index >= 15 is 0 Å². The van der Waals surface area contributed by atoms with Crippen LogP contribution in [0.5, 0.6) is 0 Å². The van der Waals surface area contributed by atoms with Gasteiger partial charge in [-0.25, -0.2) is 0 Å². The number of allylic oxidation sites excluding steroid dienone is 2. The number of thioether (sulfide) groups is 1. The van der Waals surface area contributed by atoms with Gasteiger partial charge in [-0.05, 0) is 38.5 Å². The van der Waals surface area contributed by atoms with E-state index in [4.69, 9.17) is 0 Å². The Bertz CT molecular complexity index is 395. The Kier molecular flexibility index (Phi) is 10.6. The van der Waals surface area contributed by atoms with E-state index in [1.54, 1.807) is 0 Å². The van der Waals surface area contributed by atoms with Crippen molar-refractivity contribution < 1.29 is 9.59 Å². The van der Waals surface area contributed by atoms with Gasteiger partial charge in [0, 0.05) is 11.8 Å². The summed E-state index contributed by atoms with van der Waals surface area (Å²) in [5, 5.41) is 0.952. The summed E-state index contributed by atoms with van der Waals surface area (Å²) in [6.45, 7) is 7.51. The molecule has 0 bridgehead atoms. The number of rotatable bonds is 8. The maximum atomic E-state index is 11.9. The molecule has 0 heterocycles. The van der Waals surface area contributed by atoms with Gasteiger partial charge in [0.2, 0.25) is 5.91 Å². The summed E-state index contributed by atoms with van der Waals surface area (Å²) in [6.07, 6.45) is 5.12. The molecule has 0 aromatic rings. The molecule has 0 radical (unpaired) electrons. The lowest BCUT2D eigenvalue weighted by Gasteiger charge is -2.11. The molecule has 0 aromatic carbocycles. The number of halogens is 1. The molecule has 0 rings (SSSR count). The molecule has 114 valence electrons. The topological polar surface area (TPSA) is 58.2 Å². The van der Waals surface area contributed by atoms with Gasteiger partial charge in [0.05, 0.1) is 4.91 Å². The van der Waals surface area contributed by atoms with Gasteiger partial charge < -0.3 is 0 Å². The van der Waals surface area contributed by atoms with Crippen molar-refractivity contribution >= 4 is 39.5 Å². The second-order valence-corrected chi connectivity index (χ2v) is 6.05. The molecule has 0 atom stereocenters. The average molecular weight is 363 g/mol. The Hall–Kier alpha value is -0.750. The molecule has 0 saturated carbocycles. The number of carbonyl (C=O) groups excluding carboxylic acids is 2. The number of nitrogens with one attached hydrogen (secondary N) is 2. The Morgan fingerprint density at radius 3 is 2.30 bits per heavy atom. The highest BCUT2D eigenvalue weighted by atomic mass is 79.9. The van der Waals surface area contributed by atoms with Crippen LogP contribution in [0.25, 0.3) is 0 Å². The average Bonchev–Trinajstić information content (AvgIpc) is 2.41. The molecule has 0 spiro atoms. The third-order valence-electron chi connectivity index (χ3n) is 2.74. The molecule has 2 amide bonds. The van der Waals surface area contributed by atoms with Crippen LogP contribution in [0.4, 0.5) is 0 Å². The maximum absolute atomic E-state index is 11.9. The smallest absolute Gasteiger partial charge is 0.273 e. The number of amides is 2. The highest BCUT2D eigenvalue weighted by molar-refractivity contribution is 9.09. The minimum atomic E-state index is -0.299. The number of unbranched alkanes of at least 4 members (excludes halogenated alkanes) is 2. The summed E-state index contributed by atoms with van der Waals surface area (Å²) in [6, 6.07) is 0. The van der Waals surface area contributed by atoms with Crippen LogP contribution in [0.3, 0.4) is 0 Å². The SMILES string of the molecule is C=C(C)/C(C)=C(\SC)C(=O)NNC(=O)CCCCCBr. The summed E-state index contributed by atoms with van der Waals surface area (Å²) >= 11 is 4.68. The molecule has 0 fully saturated rings. The number of carbonyl (C=O) groups is 2. The summed E-state index contributed by atoms with van der Waals surface area (Å²) in [4.78, 5) is 24.1. The number of alkyl halides is 1. The fourth-order valence-corrected chi connectivity index (χ4v) is 2.53. The van der Waals surface area contributed by atoms with Gasteiger partial charge >= 0.3 is 0 Å². The normalized spacial score (nSPS) is 11.6. The second kappa shape index (κ2) is 11.0. The van der Waals surface area contributed by atoms with Gasteiger partial charge in [0.25, 0.3) is 5.91 Å². The molecule has 0 aromatic heterocycles. The third-order valence-corrected chi connectivity index (χ3v) is 4.20.